The molecule has 0 aliphatic carbocycles. The molecule has 108 valence electrons. The smallest absolute Gasteiger partial charge is 0.324 e. The van der Waals surface area contributed by atoms with E-state index in [1.165, 1.54) is 0 Å². The summed E-state index contributed by atoms with van der Waals surface area (Å²) >= 11 is 0. The first-order valence-corrected chi connectivity index (χ1v) is 6.49. The summed E-state index contributed by atoms with van der Waals surface area (Å²) in [5, 5.41) is 3.01. The van der Waals surface area contributed by atoms with Gasteiger partial charge in [-0.3, -0.25) is 0 Å². The Morgan fingerprint density at radius 1 is 1.25 bits per heavy atom. The number of furan rings is 1. The van der Waals surface area contributed by atoms with Gasteiger partial charge in [0.1, 0.15) is 12.4 Å². The van der Waals surface area contributed by atoms with Crippen LogP contribution in [0, 0.1) is 0 Å². The highest BCUT2D eigenvalue weighted by molar-refractivity contribution is 5.27. The van der Waals surface area contributed by atoms with Gasteiger partial charge in [-0.15, -0.1) is 4.98 Å². The van der Waals surface area contributed by atoms with Gasteiger partial charge in [-0.05, 0) is 32.9 Å². The maximum Gasteiger partial charge on any atom is 0.324 e. The van der Waals surface area contributed by atoms with E-state index in [1.54, 1.807) is 12.3 Å². The number of hydrogen-bond acceptors (Lipinski definition) is 7. The molecule has 7 nitrogen and oxygen atoms in total. The van der Waals surface area contributed by atoms with Crippen LogP contribution in [0.4, 0.5) is 5.95 Å². The fraction of sp³-hybridized carbons (Fsp3) is 0.462. The molecule has 1 N–H and O–H groups in total. The molecule has 0 saturated heterocycles. The Bertz CT molecular complexity index is 528. The zero-order chi connectivity index (χ0) is 14.4. The quantitative estimate of drug-likeness (QED) is 0.831. The number of hydrogen-bond donors (Lipinski definition) is 1. The maximum atomic E-state index is 5.48. The molecule has 2 aromatic rings. The molecule has 0 aliphatic rings. The van der Waals surface area contributed by atoms with Gasteiger partial charge in [0, 0.05) is 6.54 Å². The van der Waals surface area contributed by atoms with Crippen molar-refractivity contribution in [2.75, 3.05) is 11.9 Å². The second kappa shape index (κ2) is 6.74. The fourth-order valence-corrected chi connectivity index (χ4v) is 1.43. The molecule has 0 spiro atoms. The fourth-order valence-electron chi connectivity index (χ4n) is 1.43. The molecule has 0 amide bonds. The van der Waals surface area contributed by atoms with Crippen molar-refractivity contribution in [3.63, 3.8) is 0 Å². The van der Waals surface area contributed by atoms with Crippen molar-refractivity contribution in [3.8, 4) is 12.0 Å². The zero-order valence-corrected chi connectivity index (χ0v) is 11.8. The molecule has 0 atom stereocenters. The van der Waals surface area contributed by atoms with Crippen molar-refractivity contribution < 1.29 is 13.9 Å². The number of rotatable bonds is 7. The highest BCUT2D eigenvalue weighted by atomic mass is 16.5. The molecular formula is C13H18N4O3. The summed E-state index contributed by atoms with van der Waals surface area (Å²) in [5.74, 6) is 1.12. The van der Waals surface area contributed by atoms with E-state index < -0.39 is 0 Å². The van der Waals surface area contributed by atoms with Gasteiger partial charge < -0.3 is 19.2 Å². The van der Waals surface area contributed by atoms with Crippen LogP contribution in [0.3, 0.4) is 0 Å². The van der Waals surface area contributed by atoms with Crippen molar-refractivity contribution in [2.24, 2.45) is 0 Å². The highest BCUT2D eigenvalue weighted by Gasteiger charge is 2.10. The molecule has 0 bridgehead atoms. The van der Waals surface area contributed by atoms with Gasteiger partial charge in [-0.2, -0.15) is 9.97 Å². The lowest BCUT2D eigenvalue weighted by atomic mass is 10.5. The van der Waals surface area contributed by atoms with E-state index in [9.17, 15) is 0 Å². The number of nitrogens with zero attached hydrogens (tertiary/aromatic N) is 3. The van der Waals surface area contributed by atoms with E-state index in [0.717, 1.165) is 0 Å². The number of anilines is 1. The van der Waals surface area contributed by atoms with Crippen molar-refractivity contribution in [1.29, 1.82) is 0 Å². The lowest BCUT2D eigenvalue weighted by molar-refractivity contribution is 0.207. The third-order valence-electron chi connectivity index (χ3n) is 2.19. The highest BCUT2D eigenvalue weighted by Crippen LogP contribution is 2.15. The van der Waals surface area contributed by atoms with Gasteiger partial charge in [0.25, 0.3) is 0 Å². The summed E-state index contributed by atoms with van der Waals surface area (Å²) in [6.07, 6.45) is 1.56. The van der Waals surface area contributed by atoms with Crippen LogP contribution >= 0.6 is 0 Å². The predicted octanol–water partition coefficient (Wildman–Crippen LogP) is 2.26. The van der Waals surface area contributed by atoms with E-state index in [-0.39, 0.29) is 24.7 Å². The monoisotopic (exact) mass is 278 g/mol. The summed E-state index contributed by atoms with van der Waals surface area (Å²) in [6.45, 7) is 6.71. The SMILES string of the molecule is CCNc1nc(OCc2ccco2)nc(OC(C)C)n1. The Morgan fingerprint density at radius 2 is 2.05 bits per heavy atom. The van der Waals surface area contributed by atoms with Crippen LogP contribution in [0.25, 0.3) is 0 Å². The van der Waals surface area contributed by atoms with Crippen LogP contribution in [0.1, 0.15) is 26.5 Å². The van der Waals surface area contributed by atoms with Gasteiger partial charge in [0.15, 0.2) is 0 Å². The number of aromatic nitrogens is 3. The average molecular weight is 278 g/mol. The second-order valence-electron chi connectivity index (χ2n) is 4.29. The summed E-state index contributed by atoms with van der Waals surface area (Å²) in [6, 6.07) is 4.05. The van der Waals surface area contributed by atoms with Crippen molar-refractivity contribution in [1.82, 2.24) is 15.0 Å². The molecule has 0 fully saturated rings. The molecule has 7 heteroatoms. The Balaban J connectivity index is 2.10. The minimum absolute atomic E-state index is 0.0233. The molecule has 0 unspecified atom stereocenters. The number of ether oxygens (including phenoxy) is 2. The van der Waals surface area contributed by atoms with Gasteiger partial charge in [0.05, 0.1) is 12.4 Å². The first-order valence-electron chi connectivity index (χ1n) is 6.49. The lowest BCUT2D eigenvalue weighted by Gasteiger charge is -2.10. The van der Waals surface area contributed by atoms with Crippen LogP contribution in [-0.2, 0) is 6.61 Å². The largest absolute Gasteiger partial charge is 0.466 e. The Hall–Kier alpha value is -2.31. The van der Waals surface area contributed by atoms with Crippen LogP contribution in [0.5, 0.6) is 12.0 Å². The third kappa shape index (κ3) is 4.11. The maximum absolute atomic E-state index is 5.48. The molecule has 2 aromatic heterocycles. The van der Waals surface area contributed by atoms with E-state index >= 15 is 0 Å². The lowest BCUT2D eigenvalue weighted by Crippen LogP contribution is -2.12. The van der Waals surface area contributed by atoms with Crippen molar-refractivity contribution in [3.05, 3.63) is 24.2 Å². The van der Waals surface area contributed by atoms with Crippen molar-refractivity contribution >= 4 is 5.95 Å². The molecule has 2 rings (SSSR count). The predicted molar refractivity (Wildman–Crippen MR) is 72.8 cm³/mol. The minimum Gasteiger partial charge on any atom is -0.466 e. The van der Waals surface area contributed by atoms with Crippen LogP contribution in [0.15, 0.2) is 22.8 Å². The third-order valence-corrected chi connectivity index (χ3v) is 2.19. The zero-order valence-electron chi connectivity index (χ0n) is 11.8. The van der Waals surface area contributed by atoms with Crippen LogP contribution in [-0.4, -0.2) is 27.6 Å². The Kier molecular flexibility index (Phi) is 4.75. The normalized spacial score (nSPS) is 10.6. The van der Waals surface area contributed by atoms with Crippen LogP contribution < -0.4 is 14.8 Å². The van der Waals surface area contributed by atoms with Gasteiger partial charge in [0.2, 0.25) is 5.95 Å². The summed E-state index contributed by atoms with van der Waals surface area (Å²) in [5.41, 5.74) is 0. The molecule has 2 heterocycles. The summed E-state index contributed by atoms with van der Waals surface area (Å²) in [7, 11) is 0. The summed E-state index contributed by atoms with van der Waals surface area (Å²) in [4.78, 5) is 12.4. The average Bonchev–Trinajstić information content (AvgIpc) is 2.89. The van der Waals surface area contributed by atoms with E-state index in [4.69, 9.17) is 13.9 Å². The summed E-state index contributed by atoms with van der Waals surface area (Å²) < 4.78 is 16.1. The standard InChI is InChI=1S/C13H18N4O3/c1-4-14-11-15-12(17-13(16-11)20-9(2)3)19-8-10-6-5-7-18-10/h5-7,9H,4,8H2,1-3H3,(H,14,15,16,17). The molecule has 20 heavy (non-hydrogen) atoms. The van der Waals surface area contributed by atoms with E-state index in [2.05, 4.69) is 20.3 Å². The molecule has 0 aliphatic heterocycles. The topological polar surface area (TPSA) is 82.3 Å². The van der Waals surface area contributed by atoms with Crippen LogP contribution in [0.2, 0.25) is 0 Å². The first kappa shape index (κ1) is 14.1. The van der Waals surface area contributed by atoms with Gasteiger partial charge in [-0.25, -0.2) is 0 Å². The van der Waals surface area contributed by atoms with E-state index in [1.807, 2.05) is 26.8 Å². The molecule has 0 saturated carbocycles. The number of nitrogens with one attached hydrogen (secondary N) is 1. The molecule has 0 radical (unpaired) electrons. The second-order valence-corrected chi connectivity index (χ2v) is 4.29. The Labute approximate surface area is 117 Å². The van der Waals surface area contributed by atoms with Gasteiger partial charge >= 0.3 is 12.0 Å². The first-order chi connectivity index (χ1) is 9.67. The molecule has 0 aromatic carbocycles. The Morgan fingerprint density at radius 3 is 2.70 bits per heavy atom. The van der Waals surface area contributed by atoms with E-state index in [0.29, 0.717) is 18.3 Å². The molecular weight excluding hydrogens is 260 g/mol. The van der Waals surface area contributed by atoms with Crippen molar-refractivity contribution in [2.45, 2.75) is 33.5 Å². The van der Waals surface area contributed by atoms with Gasteiger partial charge in [-0.1, -0.05) is 0 Å². The minimum atomic E-state index is -0.0233.